The number of hydrogen-bond acceptors (Lipinski definition) is 3. The van der Waals surface area contributed by atoms with Crippen LogP contribution in [-0.4, -0.2) is 36.5 Å². The number of benzene rings is 1. The van der Waals surface area contributed by atoms with Crippen LogP contribution in [0.3, 0.4) is 0 Å². The van der Waals surface area contributed by atoms with Gasteiger partial charge in [0.25, 0.3) is 0 Å². The normalized spacial score (nSPS) is 12.3. The summed E-state index contributed by atoms with van der Waals surface area (Å²) in [5.41, 5.74) is 0.897. The molecule has 0 heterocycles. The third-order valence-electron chi connectivity index (χ3n) is 3.30. The molecule has 3 amide bonds. The molecule has 0 saturated carbocycles. The van der Waals surface area contributed by atoms with E-state index in [2.05, 4.69) is 10.6 Å². The Hall–Kier alpha value is -1.30. The average Bonchev–Trinajstić information content (AvgIpc) is 2.42. The van der Waals surface area contributed by atoms with Crippen LogP contribution in [0.1, 0.15) is 26.3 Å². The molecule has 0 aromatic heterocycles. The summed E-state index contributed by atoms with van der Waals surface area (Å²) in [4.78, 5) is 25.5. The molecule has 128 valence electrons. The molecule has 0 radical (unpaired) electrons. The molecule has 1 rings (SSSR count). The Morgan fingerprint density at radius 1 is 1.13 bits per heavy atom. The predicted molar refractivity (Wildman–Crippen MR) is 93.8 cm³/mol. The van der Waals surface area contributed by atoms with Gasteiger partial charge < -0.3 is 5.32 Å². The SMILES string of the molecule is CC(C)CNC(=O)NC(=O)C(C)N(C)Cc1cc(Cl)cc(Cl)c1. The number of amides is 3. The number of carbonyl (C=O) groups is 2. The van der Waals surface area contributed by atoms with Crippen molar-refractivity contribution in [1.29, 1.82) is 0 Å². The van der Waals surface area contributed by atoms with Crippen molar-refractivity contribution < 1.29 is 9.59 Å². The van der Waals surface area contributed by atoms with E-state index in [1.807, 2.05) is 18.7 Å². The smallest absolute Gasteiger partial charge is 0.321 e. The van der Waals surface area contributed by atoms with Gasteiger partial charge in [0, 0.05) is 23.1 Å². The first kappa shape index (κ1) is 19.7. The summed E-state index contributed by atoms with van der Waals surface area (Å²) in [6, 6.07) is 4.29. The first-order valence-corrected chi connectivity index (χ1v) is 8.18. The van der Waals surface area contributed by atoms with Crippen LogP contribution in [0.2, 0.25) is 10.0 Å². The summed E-state index contributed by atoms with van der Waals surface area (Å²) in [7, 11) is 1.80. The second kappa shape index (κ2) is 9.11. The number of carbonyl (C=O) groups excluding carboxylic acids is 2. The fourth-order valence-electron chi connectivity index (χ4n) is 1.88. The van der Waals surface area contributed by atoms with Gasteiger partial charge in [-0.25, -0.2) is 4.79 Å². The van der Waals surface area contributed by atoms with E-state index >= 15 is 0 Å². The van der Waals surface area contributed by atoms with E-state index in [-0.39, 0.29) is 5.91 Å². The van der Waals surface area contributed by atoms with Crippen molar-refractivity contribution in [3.05, 3.63) is 33.8 Å². The first-order valence-electron chi connectivity index (χ1n) is 7.43. The number of nitrogens with one attached hydrogen (secondary N) is 2. The first-order chi connectivity index (χ1) is 10.7. The zero-order chi connectivity index (χ0) is 17.6. The molecule has 0 aliphatic rings. The summed E-state index contributed by atoms with van der Waals surface area (Å²) in [6.45, 7) is 6.70. The second-order valence-electron chi connectivity index (χ2n) is 5.96. The number of hydrogen-bond donors (Lipinski definition) is 2. The van der Waals surface area contributed by atoms with Gasteiger partial charge in [0.15, 0.2) is 0 Å². The van der Waals surface area contributed by atoms with Gasteiger partial charge in [0.05, 0.1) is 6.04 Å². The maximum atomic E-state index is 12.1. The van der Waals surface area contributed by atoms with Crippen molar-refractivity contribution in [2.45, 2.75) is 33.4 Å². The van der Waals surface area contributed by atoms with Crippen molar-refractivity contribution in [3.63, 3.8) is 0 Å². The Labute approximate surface area is 147 Å². The highest BCUT2D eigenvalue weighted by atomic mass is 35.5. The van der Waals surface area contributed by atoms with Crippen LogP contribution in [0.25, 0.3) is 0 Å². The summed E-state index contributed by atoms with van der Waals surface area (Å²) in [5, 5.41) is 6.08. The van der Waals surface area contributed by atoms with E-state index < -0.39 is 12.1 Å². The maximum Gasteiger partial charge on any atom is 0.321 e. The monoisotopic (exact) mass is 359 g/mol. The Bertz CT molecular complexity index is 544. The van der Waals surface area contributed by atoms with Crippen LogP contribution in [0, 0.1) is 5.92 Å². The molecular formula is C16H23Cl2N3O2. The minimum atomic E-state index is -0.477. The standard InChI is InChI=1S/C16H23Cl2N3O2/c1-10(2)8-19-16(23)20-15(22)11(3)21(4)9-12-5-13(17)7-14(18)6-12/h5-7,10-11H,8-9H2,1-4H3,(H2,19,20,22,23). The van der Waals surface area contributed by atoms with E-state index in [1.54, 1.807) is 32.2 Å². The van der Waals surface area contributed by atoms with E-state index in [4.69, 9.17) is 23.2 Å². The van der Waals surface area contributed by atoms with Crippen LogP contribution >= 0.6 is 23.2 Å². The summed E-state index contributed by atoms with van der Waals surface area (Å²) in [6.07, 6.45) is 0. The number of halogens is 2. The van der Waals surface area contributed by atoms with Gasteiger partial charge in [0.1, 0.15) is 0 Å². The molecule has 0 saturated heterocycles. The van der Waals surface area contributed by atoms with Crippen LogP contribution in [0.5, 0.6) is 0 Å². The Kier molecular flexibility index (Phi) is 7.82. The predicted octanol–water partition coefficient (Wildman–Crippen LogP) is 3.30. The summed E-state index contributed by atoms with van der Waals surface area (Å²) in [5.74, 6) is -0.0367. The van der Waals surface area contributed by atoms with Gasteiger partial charge in [-0.2, -0.15) is 0 Å². The zero-order valence-corrected chi connectivity index (χ0v) is 15.3. The van der Waals surface area contributed by atoms with Gasteiger partial charge >= 0.3 is 6.03 Å². The van der Waals surface area contributed by atoms with Gasteiger partial charge in [-0.15, -0.1) is 0 Å². The van der Waals surface area contributed by atoms with Crippen LogP contribution in [0.15, 0.2) is 18.2 Å². The Morgan fingerprint density at radius 2 is 1.70 bits per heavy atom. The molecule has 2 N–H and O–H groups in total. The molecule has 7 heteroatoms. The molecule has 1 aromatic rings. The molecule has 23 heavy (non-hydrogen) atoms. The van der Waals surface area contributed by atoms with Crippen molar-refractivity contribution >= 4 is 35.1 Å². The number of imide groups is 1. The minimum Gasteiger partial charge on any atom is -0.338 e. The van der Waals surface area contributed by atoms with E-state index in [1.165, 1.54) is 0 Å². The molecule has 0 spiro atoms. The highest BCUT2D eigenvalue weighted by Crippen LogP contribution is 2.20. The third-order valence-corrected chi connectivity index (χ3v) is 3.74. The molecular weight excluding hydrogens is 337 g/mol. The van der Waals surface area contributed by atoms with Gasteiger partial charge in [-0.3, -0.25) is 15.0 Å². The van der Waals surface area contributed by atoms with E-state index in [0.29, 0.717) is 29.1 Å². The van der Waals surface area contributed by atoms with Gasteiger partial charge in [0.2, 0.25) is 5.91 Å². The fraction of sp³-hybridized carbons (Fsp3) is 0.500. The number of likely N-dealkylation sites (N-methyl/N-ethyl adjacent to an activating group) is 1. The van der Waals surface area contributed by atoms with Crippen LogP contribution in [-0.2, 0) is 11.3 Å². The molecule has 1 aromatic carbocycles. The van der Waals surface area contributed by atoms with Crippen molar-refractivity contribution in [3.8, 4) is 0 Å². The molecule has 1 unspecified atom stereocenters. The second-order valence-corrected chi connectivity index (χ2v) is 6.83. The minimum absolute atomic E-state index is 0.323. The van der Waals surface area contributed by atoms with Crippen LogP contribution in [0.4, 0.5) is 4.79 Å². The van der Waals surface area contributed by atoms with Gasteiger partial charge in [-0.05, 0) is 43.7 Å². The highest BCUT2D eigenvalue weighted by Gasteiger charge is 2.20. The lowest BCUT2D eigenvalue weighted by atomic mass is 10.2. The maximum absolute atomic E-state index is 12.1. The lowest BCUT2D eigenvalue weighted by molar-refractivity contribution is -0.124. The van der Waals surface area contributed by atoms with Crippen molar-refractivity contribution in [2.24, 2.45) is 5.92 Å². The lowest BCUT2D eigenvalue weighted by Crippen LogP contribution is -2.48. The Balaban J connectivity index is 2.56. The lowest BCUT2D eigenvalue weighted by Gasteiger charge is -2.24. The number of nitrogens with zero attached hydrogens (tertiary/aromatic N) is 1. The topological polar surface area (TPSA) is 61.4 Å². The molecule has 5 nitrogen and oxygen atoms in total. The fourth-order valence-corrected chi connectivity index (χ4v) is 2.46. The molecule has 0 bridgehead atoms. The summed E-state index contributed by atoms with van der Waals surface area (Å²) < 4.78 is 0. The number of rotatable bonds is 6. The molecule has 0 fully saturated rings. The van der Waals surface area contributed by atoms with Crippen molar-refractivity contribution in [1.82, 2.24) is 15.5 Å². The van der Waals surface area contributed by atoms with E-state index in [0.717, 1.165) is 5.56 Å². The zero-order valence-electron chi connectivity index (χ0n) is 13.8. The number of urea groups is 1. The van der Waals surface area contributed by atoms with Crippen LogP contribution < -0.4 is 10.6 Å². The largest absolute Gasteiger partial charge is 0.338 e. The Morgan fingerprint density at radius 3 is 2.22 bits per heavy atom. The highest BCUT2D eigenvalue weighted by molar-refractivity contribution is 6.34. The third kappa shape index (κ3) is 7.20. The molecule has 0 aliphatic carbocycles. The van der Waals surface area contributed by atoms with E-state index in [9.17, 15) is 9.59 Å². The molecule has 1 atom stereocenters. The average molecular weight is 360 g/mol. The van der Waals surface area contributed by atoms with Gasteiger partial charge in [-0.1, -0.05) is 37.0 Å². The molecule has 0 aliphatic heterocycles. The van der Waals surface area contributed by atoms with Crippen molar-refractivity contribution in [2.75, 3.05) is 13.6 Å². The summed E-state index contributed by atoms with van der Waals surface area (Å²) >= 11 is 11.9. The quantitative estimate of drug-likeness (QED) is 0.818.